The molecule has 0 bridgehead atoms. The second-order valence-electron chi connectivity index (χ2n) is 11.2. The highest BCUT2D eigenvalue weighted by molar-refractivity contribution is 7.98. The number of hydrogen-bond acceptors (Lipinski definition) is 7. The minimum Gasteiger partial charge on any atom is -0.457 e. The van der Waals surface area contributed by atoms with Gasteiger partial charge in [0.2, 0.25) is 17.7 Å². The van der Waals surface area contributed by atoms with Crippen LogP contribution in [0.2, 0.25) is 0 Å². The molecule has 43 heavy (non-hydrogen) atoms. The molecule has 4 rings (SSSR count). The van der Waals surface area contributed by atoms with Crippen LogP contribution in [-0.2, 0) is 21.0 Å². The lowest BCUT2D eigenvalue weighted by Gasteiger charge is -2.30. The number of carbonyl (C=O) groups excluding carboxylic acids is 3. The second kappa shape index (κ2) is 14.4. The summed E-state index contributed by atoms with van der Waals surface area (Å²) in [6.07, 6.45) is 2.81. The summed E-state index contributed by atoms with van der Waals surface area (Å²) in [4.78, 5) is 38.4. The third-order valence-electron chi connectivity index (χ3n) is 7.34. The van der Waals surface area contributed by atoms with Crippen LogP contribution >= 0.6 is 11.8 Å². The lowest BCUT2D eigenvalue weighted by atomic mass is 9.80. The van der Waals surface area contributed by atoms with Gasteiger partial charge in [-0.05, 0) is 54.0 Å². The Bertz CT molecular complexity index is 1480. The first-order valence-corrected chi connectivity index (χ1v) is 15.8. The molecule has 0 spiro atoms. The van der Waals surface area contributed by atoms with Crippen LogP contribution in [0.5, 0.6) is 11.5 Å². The zero-order valence-electron chi connectivity index (χ0n) is 25.0. The number of fused-ring (bicyclic) bond motifs is 2. The number of carbonyl (C=O) groups is 3. The van der Waals surface area contributed by atoms with E-state index in [2.05, 4.69) is 16.0 Å². The van der Waals surface area contributed by atoms with Gasteiger partial charge in [-0.1, -0.05) is 50.2 Å². The summed E-state index contributed by atoms with van der Waals surface area (Å²) >= 11 is 1.58. The fourth-order valence-corrected chi connectivity index (χ4v) is 5.82. The van der Waals surface area contributed by atoms with Gasteiger partial charge in [0.25, 0.3) is 0 Å². The van der Waals surface area contributed by atoms with E-state index in [1.807, 2.05) is 68.6 Å². The molecule has 0 radical (unpaired) electrons. The van der Waals surface area contributed by atoms with Crippen LogP contribution in [0.15, 0.2) is 60.7 Å². The van der Waals surface area contributed by atoms with E-state index in [4.69, 9.17) is 10.5 Å². The molecule has 3 amide bonds. The molecule has 0 aliphatic carbocycles. The molecule has 1 aliphatic heterocycles. The van der Waals surface area contributed by atoms with E-state index in [0.29, 0.717) is 41.5 Å². The van der Waals surface area contributed by atoms with E-state index >= 15 is 0 Å². The highest BCUT2D eigenvalue weighted by Crippen LogP contribution is 2.49. The van der Waals surface area contributed by atoms with Crippen LogP contribution in [0.3, 0.4) is 0 Å². The van der Waals surface area contributed by atoms with Gasteiger partial charge in [-0.2, -0.15) is 11.8 Å². The zero-order valence-corrected chi connectivity index (χ0v) is 25.8. The van der Waals surface area contributed by atoms with E-state index in [1.54, 1.807) is 23.9 Å². The molecule has 6 N–H and O–H groups in total. The predicted molar refractivity (Wildman–Crippen MR) is 171 cm³/mol. The van der Waals surface area contributed by atoms with Crippen LogP contribution in [0.1, 0.15) is 61.8 Å². The summed E-state index contributed by atoms with van der Waals surface area (Å²) < 4.78 is 6.29. The first kappa shape index (κ1) is 31.9. The smallest absolute Gasteiger partial charge is 0.246 e. The van der Waals surface area contributed by atoms with Crippen molar-refractivity contribution in [3.05, 3.63) is 82.9 Å². The van der Waals surface area contributed by atoms with Crippen molar-refractivity contribution >= 4 is 40.9 Å². The number of benzene rings is 3. The van der Waals surface area contributed by atoms with Gasteiger partial charge >= 0.3 is 0 Å². The van der Waals surface area contributed by atoms with Gasteiger partial charge in [-0.3, -0.25) is 14.4 Å². The van der Waals surface area contributed by atoms with Crippen LogP contribution in [0.25, 0.3) is 0 Å². The van der Waals surface area contributed by atoms with Crippen molar-refractivity contribution in [3.63, 3.8) is 0 Å². The summed E-state index contributed by atoms with van der Waals surface area (Å²) in [5.74, 6) is 0.718. The van der Waals surface area contributed by atoms with E-state index in [0.717, 1.165) is 22.3 Å². The Morgan fingerprint density at radius 3 is 2.30 bits per heavy atom. The molecule has 3 aromatic rings. The molecule has 0 aromatic heterocycles. The minimum absolute atomic E-state index is 0.107. The van der Waals surface area contributed by atoms with E-state index in [-0.39, 0.29) is 30.3 Å². The summed E-state index contributed by atoms with van der Waals surface area (Å²) in [6, 6.07) is 17.2. The van der Waals surface area contributed by atoms with Gasteiger partial charge in [-0.15, -0.1) is 0 Å². The fraction of sp³-hybridized carbons (Fsp3) is 0.364. The molecule has 1 heterocycles. The number of nitrogens with two attached hydrogens (primary N) is 1. The molecule has 0 fully saturated rings. The third kappa shape index (κ3) is 7.88. The highest BCUT2D eigenvalue weighted by Gasteiger charge is 2.31. The van der Waals surface area contributed by atoms with Crippen LogP contribution in [-0.4, -0.2) is 46.9 Å². The quantitative estimate of drug-likeness (QED) is 0.147. The highest BCUT2D eigenvalue weighted by atomic mass is 32.2. The third-order valence-corrected chi connectivity index (χ3v) is 7.99. The van der Waals surface area contributed by atoms with Crippen molar-refractivity contribution in [3.8, 4) is 11.5 Å². The SMILES string of the molecule is CSCC[C@H](NC(=O)[C@H](CC(C)C)NC(C)=O)C(=O)Nc1ccc2c(c1)Oc1cc(N)ccc1C2c1ccccc1CO. The first-order chi connectivity index (χ1) is 20.6. The maximum absolute atomic E-state index is 13.5. The maximum atomic E-state index is 13.5. The van der Waals surface area contributed by atoms with Crippen molar-refractivity contribution < 1.29 is 24.2 Å². The Kier molecular flexibility index (Phi) is 10.7. The van der Waals surface area contributed by atoms with Gasteiger partial charge in [0.15, 0.2) is 0 Å². The first-order valence-electron chi connectivity index (χ1n) is 14.4. The minimum atomic E-state index is -0.801. The second-order valence-corrected chi connectivity index (χ2v) is 12.1. The average molecular weight is 605 g/mol. The standard InChI is InChI=1S/C33H40N4O5S/c1-19(2)15-28(35-20(3)39)33(41)37-27(13-14-43-4)32(40)36-23-10-12-26-30(17-23)42-29-16-22(34)9-11-25(29)31(26)24-8-6-5-7-21(24)18-38/h5-12,16-17,19,27-28,31,38H,13-15,18,34H2,1-4H3,(H,35,39)(H,36,40)(H,37,41)/t27-,28-,31?/m0/s1. The number of nitrogens with one attached hydrogen (secondary N) is 3. The van der Waals surface area contributed by atoms with Crippen LogP contribution < -0.4 is 26.4 Å². The summed E-state index contributed by atoms with van der Waals surface area (Å²) in [6.45, 7) is 5.20. The Balaban J connectivity index is 1.61. The Hall–Kier alpha value is -4.02. The van der Waals surface area contributed by atoms with Gasteiger partial charge in [0.1, 0.15) is 23.6 Å². The lowest BCUT2D eigenvalue weighted by molar-refractivity contribution is -0.130. The Labute approximate surface area is 257 Å². The number of ether oxygens (including phenoxy) is 1. The van der Waals surface area contributed by atoms with Gasteiger partial charge in [0, 0.05) is 47.5 Å². The predicted octanol–water partition coefficient (Wildman–Crippen LogP) is 4.77. The number of thioether (sulfide) groups is 1. The largest absolute Gasteiger partial charge is 0.457 e. The van der Waals surface area contributed by atoms with Gasteiger partial charge in [-0.25, -0.2) is 0 Å². The number of anilines is 2. The molecule has 1 unspecified atom stereocenters. The Morgan fingerprint density at radius 2 is 1.63 bits per heavy atom. The molecule has 10 heteroatoms. The topological polar surface area (TPSA) is 143 Å². The number of hydrogen-bond donors (Lipinski definition) is 5. The molecular formula is C33H40N4O5S. The number of nitrogen functional groups attached to an aromatic ring is 1. The van der Waals surface area contributed by atoms with Crippen molar-refractivity contribution in [2.75, 3.05) is 23.1 Å². The molecule has 228 valence electrons. The van der Waals surface area contributed by atoms with Gasteiger partial charge in [0.05, 0.1) is 6.61 Å². The zero-order chi connectivity index (χ0) is 31.1. The van der Waals surface area contributed by atoms with E-state index in [9.17, 15) is 19.5 Å². The van der Waals surface area contributed by atoms with E-state index < -0.39 is 18.0 Å². The fourth-order valence-electron chi connectivity index (χ4n) is 5.35. The number of aliphatic hydroxyl groups is 1. The summed E-state index contributed by atoms with van der Waals surface area (Å²) in [5.41, 5.74) is 10.7. The summed E-state index contributed by atoms with van der Waals surface area (Å²) in [7, 11) is 0. The molecule has 3 aromatic carbocycles. The molecule has 0 saturated heterocycles. The average Bonchev–Trinajstić information content (AvgIpc) is 2.96. The molecular weight excluding hydrogens is 564 g/mol. The number of amides is 3. The number of aliphatic hydroxyl groups excluding tert-OH is 1. The molecule has 9 nitrogen and oxygen atoms in total. The molecule has 1 aliphatic rings. The lowest BCUT2D eigenvalue weighted by Crippen LogP contribution is -2.52. The van der Waals surface area contributed by atoms with Gasteiger partial charge < -0.3 is 31.5 Å². The monoisotopic (exact) mass is 604 g/mol. The number of rotatable bonds is 12. The van der Waals surface area contributed by atoms with E-state index in [1.165, 1.54) is 6.92 Å². The molecule has 3 atom stereocenters. The van der Waals surface area contributed by atoms with Crippen molar-refractivity contribution in [1.29, 1.82) is 0 Å². The van der Waals surface area contributed by atoms with Crippen molar-refractivity contribution in [1.82, 2.24) is 10.6 Å². The normalized spacial score (nSPS) is 15.0. The molecule has 0 saturated carbocycles. The van der Waals surface area contributed by atoms with Crippen LogP contribution in [0, 0.1) is 5.92 Å². The van der Waals surface area contributed by atoms with Crippen molar-refractivity contribution in [2.45, 2.75) is 58.2 Å². The maximum Gasteiger partial charge on any atom is 0.246 e. The van der Waals surface area contributed by atoms with Crippen molar-refractivity contribution in [2.24, 2.45) is 5.92 Å². The Morgan fingerprint density at radius 1 is 0.930 bits per heavy atom. The summed E-state index contributed by atoms with van der Waals surface area (Å²) in [5, 5.41) is 18.6. The van der Waals surface area contributed by atoms with Crippen LogP contribution in [0.4, 0.5) is 11.4 Å².